The number of amides is 1. The van der Waals surface area contributed by atoms with Crippen LogP contribution in [-0.2, 0) is 32.2 Å². The van der Waals surface area contributed by atoms with Crippen molar-refractivity contribution in [3.63, 3.8) is 0 Å². The fourth-order valence-corrected chi connectivity index (χ4v) is 5.26. The lowest BCUT2D eigenvalue weighted by molar-refractivity contribution is 0.0945. The molecule has 2 aromatic carbocycles. The number of carbonyl (C=O) groups is 1. The van der Waals surface area contributed by atoms with Crippen LogP contribution in [-0.4, -0.2) is 38.9 Å². The number of aromatic amines is 1. The topological polar surface area (TPSA) is 109 Å². The molecule has 1 aliphatic rings. The normalized spacial score (nSPS) is 12.9. The Morgan fingerprint density at radius 2 is 1.93 bits per heavy atom. The van der Waals surface area contributed by atoms with E-state index in [0.29, 0.717) is 18.9 Å². The minimum atomic E-state index is -0.465. The van der Waals surface area contributed by atoms with Gasteiger partial charge in [-0.25, -0.2) is 14.4 Å². The lowest BCUT2D eigenvalue weighted by atomic mass is 9.86. The number of nitrogens with zero attached hydrogens (tertiary/aromatic N) is 3. The first-order valence-corrected chi connectivity index (χ1v) is 13.8. The van der Waals surface area contributed by atoms with E-state index in [9.17, 15) is 9.18 Å². The summed E-state index contributed by atoms with van der Waals surface area (Å²) in [6.45, 7) is 1.36. The molecule has 0 spiro atoms. The average molecular weight is 539 g/mol. The highest BCUT2D eigenvalue weighted by molar-refractivity contribution is 5.91. The Labute approximate surface area is 231 Å². The zero-order valence-corrected chi connectivity index (χ0v) is 22.2. The zero-order chi connectivity index (χ0) is 27.3. The Bertz CT molecular complexity index is 1640. The number of pyridine rings is 1. The summed E-state index contributed by atoms with van der Waals surface area (Å²) >= 11 is 0. The Hall–Kier alpha value is -4.37. The summed E-state index contributed by atoms with van der Waals surface area (Å²) in [6.07, 6.45) is 8.94. The molecule has 0 saturated heterocycles. The number of fused-ring (bicyclic) bond motifs is 2. The molecule has 1 amide bonds. The van der Waals surface area contributed by atoms with Crippen molar-refractivity contribution in [1.82, 2.24) is 30.6 Å². The third-order valence-corrected chi connectivity index (χ3v) is 7.33. The van der Waals surface area contributed by atoms with Crippen LogP contribution in [0.4, 0.5) is 4.39 Å². The minimum absolute atomic E-state index is 0.0212. The summed E-state index contributed by atoms with van der Waals surface area (Å²) in [5.74, 6) is 0.496. The Kier molecular flexibility index (Phi) is 7.63. The van der Waals surface area contributed by atoms with Gasteiger partial charge in [0.25, 0.3) is 5.91 Å². The number of benzene rings is 2. The molecule has 8 nitrogen and oxygen atoms in total. The van der Waals surface area contributed by atoms with E-state index >= 15 is 0 Å². The Morgan fingerprint density at radius 3 is 2.85 bits per heavy atom. The number of hydrogen-bond donors (Lipinski definition) is 3. The molecule has 0 saturated carbocycles. The van der Waals surface area contributed by atoms with Gasteiger partial charge in [0, 0.05) is 32.1 Å². The van der Waals surface area contributed by atoms with E-state index in [1.807, 2.05) is 0 Å². The number of rotatable bonds is 10. The smallest absolute Gasteiger partial charge is 0.273 e. The van der Waals surface area contributed by atoms with Crippen molar-refractivity contribution >= 4 is 16.9 Å². The van der Waals surface area contributed by atoms with Crippen LogP contribution in [0, 0.1) is 5.82 Å². The van der Waals surface area contributed by atoms with E-state index in [2.05, 4.69) is 62.0 Å². The third kappa shape index (κ3) is 5.79. The fraction of sp³-hybridized carbons (Fsp3) is 0.290. The molecule has 3 aromatic heterocycles. The highest BCUT2D eigenvalue weighted by Crippen LogP contribution is 2.32. The molecule has 5 aromatic rings. The van der Waals surface area contributed by atoms with Crippen LogP contribution in [0.3, 0.4) is 0 Å². The van der Waals surface area contributed by atoms with Crippen LogP contribution in [0.5, 0.6) is 0 Å². The van der Waals surface area contributed by atoms with E-state index < -0.39 is 11.7 Å². The molecule has 0 bridgehead atoms. The second-order valence-corrected chi connectivity index (χ2v) is 10.1. The summed E-state index contributed by atoms with van der Waals surface area (Å²) < 4.78 is 19.1. The SMILES string of the molecule is O=C(NCc1ncccc1F)c1coc(CCNCCc2nc3cc(-c4cccc5c4CCCC5)ccc3[nH]2)n1. The van der Waals surface area contributed by atoms with Crippen LogP contribution in [0.25, 0.3) is 22.2 Å². The Balaban J connectivity index is 0.982. The van der Waals surface area contributed by atoms with E-state index in [0.717, 1.165) is 36.2 Å². The predicted molar refractivity (Wildman–Crippen MR) is 150 cm³/mol. The number of imidazole rings is 1. The molecule has 3 heterocycles. The van der Waals surface area contributed by atoms with Gasteiger partial charge in [0.05, 0.1) is 23.3 Å². The maximum atomic E-state index is 13.7. The molecule has 0 fully saturated rings. The number of halogens is 1. The van der Waals surface area contributed by atoms with E-state index in [1.54, 1.807) is 0 Å². The summed E-state index contributed by atoms with van der Waals surface area (Å²) in [6, 6.07) is 16.0. The monoisotopic (exact) mass is 538 g/mol. The molecule has 204 valence electrons. The van der Waals surface area contributed by atoms with Crippen LogP contribution in [0.15, 0.2) is 65.4 Å². The second kappa shape index (κ2) is 11.8. The van der Waals surface area contributed by atoms with Gasteiger partial charge < -0.3 is 20.0 Å². The van der Waals surface area contributed by atoms with E-state index in [4.69, 9.17) is 9.40 Å². The maximum Gasteiger partial charge on any atom is 0.273 e. The maximum absolute atomic E-state index is 13.7. The van der Waals surface area contributed by atoms with Crippen LogP contribution in [0.2, 0.25) is 0 Å². The molecular formula is C31H31FN6O2. The van der Waals surface area contributed by atoms with Gasteiger partial charge in [0.15, 0.2) is 11.6 Å². The molecule has 3 N–H and O–H groups in total. The van der Waals surface area contributed by atoms with E-state index in [-0.39, 0.29) is 17.9 Å². The van der Waals surface area contributed by atoms with Crippen molar-refractivity contribution in [3.8, 4) is 11.1 Å². The lowest BCUT2D eigenvalue weighted by Crippen LogP contribution is -2.24. The zero-order valence-electron chi connectivity index (χ0n) is 22.2. The average Bonchev–Trinajstić information content (AvgIpc) is 3.63. The molecule has 0 unspecified atom stereocenters. The fourth-order valence-electron chi connectivity index (χ4n) is 5.26. The summed E-state index contributed by atoms with van der Waals surface area (Å²) in [4.78, 5) is 28.7. The molecule has 6 rings (SSSR count). The van der Waals surface area contributed by atoms with Gasteiger partial charge in [0.2, 0.25) is 0 Å². The van der Waals surface area contributed by atoms with Gasteiger partial charge in [-0.1, -0.05) is 24.3 Å². The predicted octanol–water partition coefficient (Wildman–Crippen LogP) is 4.94. The van der Waals surface area contributed by atoms with Gasteiger partial charge >= 0.3 is 0 Å². The number of H-pyrrole nitrogens is 1. The molecule has 1 aliphatic carbocycles. The molecule has 40 heavy (non-hydrogen) atoms. The van der Waals surface area contributed by atoms with Gasteiger partial charge in [-0.05, 0) is 72.2 Å². The van der Waals surface area contributed by atoms with Crippen molar-refractivity contribution in [3.05, 3.63) is 101 Å². The number of aromatic nitrogens is 4. The molecule has 0 radical (unpaired) electrons. The quantitative estimate of drug-likeness (QED) is 0.218. The van der Waals surface area contributed by atoms with Gasteiger partial charge in [-0.3, -0.25) is 9.78 Å². The van der Waals surface area contributed by atoms with Crippen molar-refractivity contribution in [2.45, 2.75) is 45.1 Å². The van der Waals surface area contributed by atoms with Crippen molar-refractivity contribution < 1.29 is 13.6 Å². The van der Waals surface area contributed by atoms with Crippen molar-refractivity contribution in [1.29, 1.82) is 0 Å². The first-order chi connectivity index (χ1) is 19.6. The third-order valence-electron chi connectivity index (χ3n) is 7.33. The van der Waals surface area contributed by atoms with Gasteiger partial charge in [0.1, 0.15) is 17.9 Å². The number of carbonyl (C=O) groups excluding carboxylic acids is 1. The second-order valence-electron chi connectivity index (χ2n) is 10.1. The lowest BCUT2D eigenvalue weighted by Gasteiger charge is -2.19. The van der Waals surface area contributed by atoms with Gasteiger partial charge in [-0.2, -0.15) is 0 Å². The molecule has 0 atom stereocenters. The molecular weight excluding hydrogens is 507 g/mol. The first kappa shape index (κ1) is 25.9. The Morgan fingerprint density at radius 1 is 1.02 bits per heavy atom. The number of hydrogen-bond acceptors (Lipinski definition) is 6. The number of aryl methyl sites for hydroxylation is 1. The molecule has 9 heteroatoms. The largest absolute Gasteiger partial charge is 0.448 e. The van der Waals surface area contributed by atoms with Crippen LogP contribution in [0.1, 0.15) is 51.9 Å². The molecule has 0 aliphatic heterocycles. The summed E-state index contributed by atoms with van der Waals surface area (Å²) in [5, 5.41) is 5.99. The summed E-state index contributed by atoms with van der Waals surface area (Å²) in [5.41, 5.74) is 7.89. The minimum Gasteiger partial charge on any atom is -0.448 e. The van der Waals surface area contributed by atoms with E-state index in [1.165, 1.54) is 66.1 Å². The first-order valence-electron chi connectivity index (χ1n) is 13.8. The standard InChI is InChI=1S/C31H31FN6O2/c32-24-9-4-14-34-27(24)18-35-31(39)28-19-40-30(38-28)13-16-33-15-12-29-36-25-11-10-21(17-26(25)37-29)23-8-3-6-20-5-1-2-7-22(20)23/h3-4,6,8-11,14,17,19,33H,1-2,5,7,12-13,15-16,18H2,(H,35,39)(H,36,37). The van der Waals surface area contributed by atoms with Gasteiger partial charge in [-0.15, -0.1) is 0 Å². The van der Waals surface area contributed by atoms with Crippen molar-refractivity contribution in [2.24, 2.45) is 0 Å². The highest BCUT2D eigenvalue weighted by atomic mass is 19.1. The van der Waals surface area contributed by atoms with Crippen LogP contribution >= 0.6 is 0 Å². The highest BCUT2D eigenvalue weighted by Gasteiger charge is 2.15. The van der Waals surface area contributed by atoms with Crippen LogP contribution < -0.4 is 10.6 Å². The number of nitrogens with one attached hydrogen (secondary N) is 3. The summed E-state index contributed by atoms with van der Waals surface area (Å²) in [7, 11) is 0. The van der Waals surface area contributed by atoms with Crippen molar-refractivity contribution in [2.75, 3.05) is 13.1 Å². The number of oxazole rings is 1.